The van der Waals surface area contributed by atoms with Crippen molar-refractivity contribution in [2.24, 2.45) is 5.73 Å². The second-order valence-corrected chi connectivity index (χ2v) is 5.54. The van der Waals surface area contributed by atoms with E-state index in [-0.39, 0.29) is 29.2 Å². The number of primary amides is 1. The van der Waals surface area contributed by atoms with Crippen LogP contribution in [-0.2, 0) is 14.8 Å². The van der Waals surface area contributed by atoms with Gasteiger partial charge in [-0.1, -0.05) is 0 Å². The van der Waals surface area contributed by atoms with E-state index in [1.54, 1.807) is 0 Å². The first-order valence-corrected chi connectivity index (χ1v) is 7.00. The smallest absolute Gasteiger partial charge is 0.270 e. The van der Waals surface area contributed by atoms with Gasteiger partial charge in [-0.25, -0.2) is 13.1 Å². The molecule has 20 heavy (non-hydrogen) atoms. The average Bonchev–Trinajstić information content (AvgIpc) is 2.37. The van der Waals surface area contributed by atoms with Crippen LogP contribution in [0.1, 0.15) is 6.42 Å². The van der Waals surface area contributed by atoms with Crippen LogP contribution in [0.4, 0.5) is 11.4 Å². The van der Waals surface area contributed by atoms with E-state index >= 15 is 0 Å². The fraction of sp³-hybridized carbons (Fsp3) is 0.300. The molecule has 0 aliphatic heterocycles. The van der Waals surface area contributed by atoms with Gasteiger partial charge in [0, 0.05) is 32.1 Å². The van der Waals surface area contributed by atoms with Crippen LogP contribution in [0.5, 0.6) is 0 Å². The summed E-state index contributed by atoms with van der Waals surface area (Å²) in [4.78, 5) is 20.3. The normalized spacial score (nSPS) is 11.1. The van der Waals surface area contributed by atoms with Crippen molar-refractivity contribution in [2.75, 3.05) is 18.9 Å². The van der Waals surface area contributed by atoms with Gasteiger partial charge in [0.2, 0.25) is 15.9 Å². The lowest BCUT2D eigenvalue weighted by Crippen LogP contribution is -2.28. The van der Waals surface area contributed by atoms with Crippen molar-refractivity contribution >= 4 is 27.3 Å². The molecule has 0 saturated carbocycles. The predicted molar refractivity (Wildman–Crippen MR) is 71.6 cm³/mol. The first kappa shape index (κ1) is 15.9. The van der Waals surface area contributed by atoms with Crippen molar-refractivity contribution in [2.45, 2.75) is 11.3 Å². The number of benzene rings is 1. The molecule has 1 amide bonds. The summed E-state index contributed by atoms with van der Waals surface area (Å²) in [6, 6.07) is 3.42. The van der Waals surface area contributed by atoms with Crippen molar-refractivity contribution in [1.82, 2.24) is 4.72 Å². The van der Waals surface area contributed by atoms with Crippen molar-refractivity contribution in [1.29, 1.82) is 0 Å². The Morgan fingerprint density at radius 2 is 2.10 bits per heavy atom. The zero-order valence-electron chi connectivity index (χ0n) is 10.6. The number of nitro groups is 1. The molecule has 0 saturated heterocycles. The molecule has 0 unspecified atom stereocenters. The molecule has 1 aromatic carbocycles. The Morgan fingerprint density at radius 3 is 2.60 bits per heavy atom. The monoisotopic (exact) mass is 302 g/mol. The third-order valence-corrected chi connectivity index (χ3v) is 3.90. The zero-order chi connectivity index (χ0) is 15.3. The Hall–Kier alpha value is -2.20. The van der Waals surface area contributed by atoms with Crippen molar-refractivity contribution in [3.8, 4) is 0 Å². The highest BCUT2D eigenvalue weighted by Crippen LogP contribution is 2.25. The number of sulfonamides is 1. The van der Waals surface area contributed by atoms with Crippen molar-refractivity contribution in [3.05, 3.63) is 28.3 Å². The highest BCUT2D eigenvalue weighted by molar-refractivity contribution is 7.89. The lowest BCUT2D eigenvalue weighted by atomic mass is 10.3. The number of nitrogens with two attached hydrogens (primary N) is 1. The topological polar surface area (TPSA) is 144 Å². The third kappa shape index (κ3) is 3.90. The van der Waals surface area contributed by atoms with Gasteiger partial charge in [0.1, 0.15) is 4.90 Å². The largest absolute Gasteiger partial charge is 0.387 e. The zero-order valence-corrected chi connectivity index (χ0v) is 11.4. The first-order chi connectivity index (χ1) is 9.27. The van der Waals surface area contributed by atoms with Crippen LogP contribution in [0.25, 0.3) is 0 Å². The number of hydrogen-bond acceptors (Lipinski definition) is 6. The summed E-state index contributed by atoms with van der Waals surface area (Å²) in [6.45, 7) is -0.177. The van der Waals surface area contributed by atoms with Gasteiger partial charge in [-0.2, -0.15) is 0 Å². The predicted octanol–water partition coefficient (Wildman–Crippen LogP) is -0.210. The Morgan fingerprint density at radius 1 is 1.45 bits per heavy atom. The summed E-state index contributed by atoms with van der Waals surface area (Å²) in [6.07, 6.45) is -0.164. The summed E-state index contributed by atoms with van der Waals surface area (Å²) >= 11 is 0. The number of amides is 1. The van der Waals surface area contributed by atoms with Crippen LogP contribution in [0.3, 0.4) is 0 Å². The van der Waals surface area contributed by atoms with Gasteiger partial charge >= 0.3 is 0 Å². The number of nitro benzene ring substituents is 1. The van der Waals surface area contributed by atoms with Crippen LogP contribution in [-0.4, -0.2) is 32.8 Å². The molecule has 10 heteroatoms. The van der Waals surface area contributed by atoms with Gasteiger partial charge in [-0.3, -0.25) is 14.9 Å². The van der Waals surface area contributed by atoms with E-state index in [0.29, 0.717) is 0 Å². The van der Waals surface area contributed by atoms with Gasteiger partial charge in [-0.15, -0.1) is 0 Å². The standard InChI is InChI=1S/C10H14N4O5S/c1-12-8-3-2-7(14(16)17)6-9(8)20(18,19)13-5-4-10(11)15/h2-3,6,12-13H,4-5H2,1H3,(H2,11,15). The Balaban J connectivity index is 3.11. The molecule has 0 aliphatic carbocycles. The summed E-state index contributed by atoms with van der Waals surface area (Å²) in [5.41, 5.74) is 4.77. The number of nitrogens with zero attached hydrogens (tertiary/aromatic N) is 1. The number of non-ortho nitro benzene ring substituents is 1. The van der Waals surface area contributed by atoms with Gasteiger partial charge in [0.15, 0.2) is 0 Å². The van der Waals surface area contributed by atoms with E-state index in [1.165, 1.54) is 19.2 Å². The molecule has 0 heterocycles. The van der Waals surface area contributed by atoms with E-state index in [9.17, 15) is 23.3 Å². The van der Waals surface area contributed by atoms with Crippen LogP contribution >= 0.6 is 0 Å². The summed E-state index contributed by atoms with van der Waals surface area (Å²) in [7, 11) is -2.49. The number of anilines is 1. The molecule has 0 spiro atoms. The Kier molecular flexibility index (Phi) is 5.00. The fourth-order valence-corrected chi connectivity index (χ4v) is 2.70. The molecule has 1 aromatic rings. The molecule has 0 aromatic heterocycles. The van der Waals surface area contributed by atoms with Gasteiger partial charge < -0.3 is 11.1 Å². The molecule has 0 radical (unpaired) electrons. The van der Waals surface area contributed by atoms with Crippen molar-refractivity contribution < 1.29 is 18.1 Å². The van der Waals surface area contributed by atoms with Crippen molar-refractivity contribution in [3.63, 3.8) is 0 Å². The quantitative estimate of drug-likeness (QED) is 0.469. The van der Waals surface area contributed by atoms with Crippen LogP contribution in [0.15, 0.2) is 23.1 Å². The maximum Gasteiger partial charge on any atom is 0.270 e. The number of carbonyl (C=O) groups excluding carboxylic acids is 1. The molecule has 1 rings (SSSR count). The number of hydrogen-bond donors (Lipinski definition) is 3. The minimum Gasteiger partial charge on any atom is -0.387 e. The molecule has 110 valence electrons. The Bertz CT molecular complexity index is 629. The molecule has 9 nitrogen and oxygen atoms in total. The highest BCUT2D eigenvalue weighted by atomic mass is 32.2. The van der Waals surface area contributed by atoms with E-state index in [1.807, 2.05) is 0 Å². The van der Waals surface area contributed by atoms with E-state index in [0.717, 1.165) is 6.07 Å². The van der Waals surface area contributed by atoms with Gasteiger partial charge in [0.25, 0.3) is 5.69 Å². The van der Waals surface area contributed by atoms with E-state index < -0.39 is 20.9 Å². The maximum atomic E-state index is 12.0. The molecule has 0 fully saturated rings. The third-order valence-electron chi connectivity index (χ3n) is 2.40. The molecular weight excluding hydrogens is 288 g/mol. The molecule has 0 aliphatic rings. The average molecular weight is 302 g/mol. The number of rotatable bonds is 7. The minimum absolute atomic E-state index is 0.164. The SMILES string of the molecule is CNc1ccc([N+](=O)[O-])cc1S(=O)(=O)NCCC(N)=O. The summed E-state index contributed by atoms with van der Waals surface area (Å²) in [5, 5.41) is 13.3. The molecule has 0 atom stereocenters. The lowest BCUT2D eigenvalue weighted by molar-refractivity contribution is -0.385. The molecule has 0 bridgehead atoms. The second-order valence-electron chi connectivity index (χ2n) is 3.80. The highest BCUT2D eigenvalue weighted by Gasteiger charge is 2.21. The fourth-order valence-electron chi connectivity index (χ4n) is 1.44. The van der Waals surface area contributed by atoms with Gasteiger partial charge in [-0.05, 0) is 6.07 Å². The minimum atomic E-state index is -3.98. The van der Waals surface area contributed by atoms with Gasteiger partial charge in [0.05, 0.1) is 10.6 Å². The van der Waals surface area contributed by atoms with Crippen LogP contribution in [0, 0.1) is 10.1 Å². The van der Waals surface area contributed by atoms with Crippen LogP contribution < -0.4 is 15.8 Å². The second kappa shape index (κ2) is 6.30. The lowest BCUT2D eigenvalue weighted by Gasteiger charge is -2.10. The van der Waals surface area contributed by atoms with E-state index in [2.05, 4.69) is 10.0 Å². The maximum absolute atomic E-state index is 12.0. The number of carbonyl (C=O) groups is 1. The molecular formula is C10H14N4O5S. The summed E-state index contributed by atoms with van der Waals surface area (Å²) < 4.78 is 26.2. The van der Waals surface area contributed by atoms with E-state index in [4.69, 9.17) is 5.73 Å². The number of nitrogens with one attached hydrogen (secondary N) is 2. The molecule has 4 N–H and O–H groups in total. The first-order valence-electron chi connectivity index (χ1n) is 5.52. The Labute approximate surface area is 115 Å². The summed E-state index contributed by atoms with van der Waals surface area (Å²) in [5.74, 6) is -0.652. The van der Waals surface area contributed by atoms with Crippen LogP contribution in [0.2, 0.25) is 0 Å².